The molecule has 1 aromatic heterocycles. The summed E-state index contributed by atoms with van der Waals surface area (Å²) in [5.41, 5.74) is 1.80. The van der Waals surface area contributed by atoms with Crippen LogP contribution in [0.1, 0.15) is 20.7 Å². The Morgan fingerprint density at radius 2 is 1.73 bits per heavy atom. The first-order valence-electron chi connectivity index (χ1n) is 9.59. The van der Waals surface area contributed by atoms with Crippen molar-refractivity contribution < 1.29 is 14.7 Å². The molecule has 2 heterocycles. The summed E-state index contributed by atoms with van der Waals surface area (Å²) in [6.07, 6.45) is 0. The number of piperazine rings is 1. The number of halogens is 1. The van der Waals surface area contributed by atoms with E-state index in [1.54, 1.807) is 48.5 Å². The highest BCUT2D eigenvalue weighted by Gasteiger charge is 2.19. The minimum absolute atomic E-state index is 0.175. The number of nitrogens with one attached hydrogen (secondary N) is 1. The summed E-state index contributed by atoms with van der Waals surface area (Å²) in [5.74, 6) is -0.616. The lowest BCUT2D eigenvalue weighted by molar-refractivity contribution is 0.0698. The second kappa shape index (κ2) is 8.41. The first-order valence-corrected chi connectivity index (χ1v) is 10.4. The van der Waals surface area contributed by atoms with E-state index in [1.807, 2.05) is 0 Å². The van der Waals surface area contributed by atoms with Gasteiger partial charge in [0.05, 0.1) is 11.1 Å². The van der Waals surface area contributed by atoms with Gasteiger partial charge in [0, 0.05) is 47.3 Å². The number of carbonyl (C=O) groups is 2. The predicted octanol–water partition coefficient (Wildman–Crippen LogP) is 3.70. The minimum Gasteiger partial charge on any atom is -0.478 e. The molecule has 1 saturated heterocycles. The highest BCUT2D eigenvalue weighted by molar-refractivity contribution is 9.10. The molecule has 8 heteroatoms. The van der Waals surface area contributed by atoms with Gasteiger partial charge in [-0.15, -0.1) is 0 Å². The van der Waals surface area contributed by atoms with Crippen LogP contribution in [-0.2, 0) is 0 Å². The Kier molecular flexibility index (Phi) is 5.69. The summed E-state index contributed by atoms with van der Waals surface area (Å²) >= 11 is 3.35. The first-order chi connectivity index (χ1) is 14.4. The van der Waals surface area contributed by atoms with E-state index in [0.717, 1.165) is 30.7 Å². The number of carboxylic acid groups (broad SMARTS) is 1. The number of fused-ring (bicyclic) bond motifs is 1. The topological polar surface area (TPSA) is 85.8 Å². The third-order valence-corrected chi connectivity index (χ3v) is 5.75. The van der Waals surface area contributed by atoms with Crippen molar-refractivity contribution in [2.45, 2.75) is 0 Å². The molecule has 2 N–H and O–H groups in total. The van der Waals surface area contributed by atoms with Crippen LogP contribution in [0.2, 0.25) is 0 Å². The monoisotopic (exact) mass is 468 g/mol. The van der Waals surface area contributed by atoms with Gasteiger partial charge in [-0.05, 0) is 55.6 Å². The number of likely N-dealkylation sites (N-methyl/N-ethyl adjacent to an activating group) is 1. The van der Waals surface area contributed by atoms with Gasteiger partial charge in [-0.1, -0.05) is 15.9 Å². The minimum atomic E-state index is -1.02. The maximum absolute atomic E-state index is 12.5. The molecular formula is C22H21BrN4O3. The Bertz CT molecular complexity index is 1110. The van der Waals surface area contributed by atoms with Gasteiger partial charge in [-0.3, -0.25) is 4.79 Å². The lowest BCUT2D eigenvalue weighted by Crippen LogP contribution is -2.44. The molecule has 1 amide bonds. The van der Waals surface area contributed by atoms with E-state index < -0.39 is 5.97 Å². The Morgan fingerprint density at radius 3 is 2.40 bits per heavy atom. The maximum Gasteiger partial charge on any atom is 0.336 e. The van der Waals surface area contributed by atoms with E-state index >= 15 is 0 Å². The number of hydrogen-bond acceptors (Lipinski definition) is 5. The zero-order chi connectivity index (χ0) is 21.3. The fraction of sp³-hybridized carbons (Fsp3) is 0.227. The van der Waals surface area contributed by atoms with E-state index in [9.17, 15) is 14.7 Å². The number of aromatic carboxylic acids is 1. The van der Waals surface area contributed by atoms with Gasteiger partial charge in [-0.25, -0.2) is 9.78 Å². The third kappa shape index (κ3) is 4.29. The SMILES string of the molecule is CN1CCN(c2cc(C(=O)O)c3cc(NC(=O)c4ccc(Br)cc4)ccc3n2)CC1. The van der Waals surface area contributed by atoms with Gasteiger partial charge in [0.1, 0.15) is 5.82 Å². The molecule has 0 aliphatic carbocycles. The summed E-state index contributed by atoms with van der Waals surface area (Å²) in [4.78, 5) is 33.5. The average molecular weight is 469 g/mol. The van der Waals surface area contributed by atoms with Gasteiger partial charge >= 0.3 is 5.97 Å². The fourth-order valence-electron chi connectivity index (χ4n) is 3.47. The standard InChI is InChI=1S/C22H21BrN4O3/c1-26-8-10-27(11-9-26)20-13-18(22(29)30)17-12-16(6-7-19(17)25-20)24-21(28)14-2-4-15(23)5-3-14/h2-7,12-13H,8-11H2,1H3,(H,24,28)(H,29,30). The lowest BCUT2D eigenvalue weighted by atomic mass is 10.1. The highest BCUT2D eigenvalue weighted by atomic mass is 79.9. The molecule has 0 bridgehead atoms. The Balaban J connectivity index is 1.65. The number of carboxylic acids is 1. The van der Waals surface area contributed by atoms with Crippen LogP contribution in [0.5, 0.6) is 0 Å². The fourth-order valence-corrected chi connectivity index (χ4v) is 3.73. The Morgan fingerprint density at radius 1 is 1.03 bits per heavy atom. The summed E-state index contributed by atoms with van der Waals surface area (Å²) in [6, 6.07) is 13.8. The van der Waals surface area contributed by atoms with Crippen LogP contribution >= 0.6 is 15.9 Å². The van der Waals surface area contributed by atoms with Crippen LogP contribution in [0, 0.1) is 0 Å². The van der Waals surface area contributed by atoms with Gasteiger partial charge in [0.2, 0.25) is 0 Å². The molecule has 0 radical (unpaired) electrons. The van der Waals surface area contributed by atoms with E-state index in [-0.39, 0.29) is 11.5 Å². The predicted molar refractivity (Wildman–Crippen MR) is 121 cm³/mol. The van der Waals surface area contributed by atoms with E-state index in [2.05, 4.69) is 43.1 Å². The summed E-state index contributed by atoms with van der Waals surface area (Å²) in [5, 5.41) is 13.1. The number of rotatable bonds is 4. The number of hydrogen-bond donors (Lipinski definition) is 2. The van der Waals surface area contributed by atoms with Crippen LogP contribution < -0.4 is 10.2 Å². The van der Waals surface area contributed by atoms with E-state index in [4.69, 9.17) is 0 Å². The average Bonchev–Trinajstić information content (AvgIpc) is 2.74. The van der Waals surface area contributed by atoms with Crippen LogP contribution in [0.25, 0.3) is 10.9 Å². The molecule has 1 aliphatic heterocycles. The van der Waals surface area contributed by atoms with Crippen molar-refractivity contribution in [2.24, 2.45) is 0 Å². The molecule has 0 saturated carbocycles. The van der Waals surface area contributed by atoms with Crippen molar-refractivity contribution in [1.82, 2.24) is 9.88 Å². The first kappa shape index (κ1) is 20.3. The quantitative estimate of drug-likeness (QED) is 0.606. The zero-order valence-electron chi connectivity index (χ0n) is 16.4. The Labute approximate surface area is 182 Å². The second-order valence-corrected chi connectivity index (χ2v) is 8.23. The van der Waals surface area contributed by atoms with Gasteiger partial charge < -0.3 is 20.2 Å². The number of aromatic nitrogens is 1. The molecule has 2 aromatic carbocycles. The largest absolute Gasteiger partial charge is 0.478 e. The van der Waals surface area contributed by atoms with E-state index in [0.29, 0.717) is 28.0 Å². The van der Waals surface area contributed by atoms with Gasteiger partial charge in [0.15, 0.2) is 0 Å². The molecule has 0 unspecified atom stereocenters. The molecule has 4 rings (SSSR count). The smallest absolute Gasteiger partial charge is 0.336 e. The van der Waals surface area contributed by atoms with Crippen LogP contribution in [0.4, 0.5) is 11.5 Å². The molecule has 1 fully saturated rings. The van der Waals surface area contributed by atoms with Crippen LogP contribution in [0.15, 0.2) is 53.0 Å². The molecule has 7 nitrogen and oxygen atoms in total. The van der Waals surface area contributed by atoms with Gasteiger partial charge in [0.25, 0.3) is 5.91 Å². The lowest BCUT2D eigenvalue weighted by Gasteiger charge is -2.33. The van der Waals surface area contributed by atoms with Crippen molar-refractivity contribution in [2.75, 3.05) is 43.4 Å². The third-order valence-electron chi connectivity index (χ3n) is 5.22. The van der Waals surface area contributed by atoms with Crippen molar-refractivity contribution >= 4 is 50.2 Å². The highest BCUT2D eigenvalue weighted by Crippen LogP contribution is 2.27. The molecular weight excluding hydrogens is 448 g/mol. The zero-order valence-corrected chi connectivity index (χ0v) is 18.0. The number of nitrogens with zero attached hydrogens (tertiary/aromatic N) is 3. The van der Waals surface area contributed by atoms with Crippen molar-refractivity contribution in [1.29, 1.82) is 0 Å². The number of carbonyl (C=O) groups excluding carboxylic acids is 1. The van der Waals surface area contributed by atoms with Gasteiger partial charge in [-0.2, -0.15) is 0 Å². The molecule has 1 aliphatic rings. The van der Waals surface area contributed by atoms with Crippen molar-refractivity contribution in [3.63, 3.8) is 0 Å². The van der Waals surface area contributed by atoms with Crippen molar-refractivity contribution in [3.8, 4) is 0 Å². The molecule has 0 atom stereocenters. The molecule has 3 aromatic rings. The number of pyridine rings is 1. The van der Waals surface area contributed by atoms with Crippen LogP contribution in [-0.4, -0.2) is 60.1 Å². The second-order valence-electron chi connectivity index (χ2n) is 7.32. The Hall–Kier alpha value is -2.97. The normalized spacial score (nSPS) is 14.7. The summed E-state index contributed by atoms with van der Waals surface area (Å²) < 4.78 is 0.887. The number of amides is 1. The molecule has 30 heavy (non-hydrogen) atoms. The maximum atomic E-state index is 12.5. The summed E-state index contributed by atoms with van der Waals surface area (Å²) in [7, 11) is 2.07. The number of benzene rings is 2. The summed E-state index contributed by atoms with van der Waals surface area (Å²) in [6.45, 7) is 3.41. The van der Waals surface area contributed by atoms with Crippen molar-refractivity contribution in [3.05, 3.63) is 64.1 Å². The van der Waals surface area contributed by atoms with E-state index in [1.165, 1.54) is 0 Å². The molecule has 0 spiro atoms. The van der Waals surface area contributed by atoms with Crippen LogP contribution in [0.3, 0.4) is 0 Å². The molecule has 154 valence electrons. The number of anilines is 2.